The molecule has 5 nitrogen and oxygen atoms in total. The van der Waals surface area contributed by atoms with E-state index < -0.39 is 6.09 Å². The number of halogens is 1. The third kappa shape index (κ3) is 1.59. The molecule has 1 saturated carbocycles. The Hall–Kier alpha value is -0.790. The fourth-order valence-electron chi connectivity index (χ4n) is 2.17. The molecule has 0 unspecified atom stereocenters. The smallest absolute Gasteiger partial charge is 0.407 e. The molecule has 1 N–H and O–H groups in total. The van der Waals surface area contributed by atoms with Crippen LogP contribution >= 0.6 is 22.6 Å². The molecule has 6 heteroatoms. The number of fused-ring (bicyclic) bond motifs is 1. The topological polar surface area (TPSA) is 58.4 Å². The van der Waals surface area contributed by atoms with Crippen LogP contribution in [0.2, 0.25) is 0 Å². The molecule has 1 aliphatic carbocycles. The van der Waals surface area contributed by atoms with Gasteiger partial charge in [-0.3, -0.25) is 0 Å². The molecule has 1 aromatic heterocycles. The second-order valence-corrected chi connectivity index (χ2v) is 5.36. The van der Waals surface area contributed by atoms with Crippen molar-refractivity contribution in [3.63, 3.8) is 0 Å². The van der Waals surface area contributed by atoms with Crippen molar-refractivity contribution in [1.29, 1.82) is 0 Å². The van der Waals surface area contributed by atoms with E-state index in [1.807, 2.05) is 0 Å². The maximum atomic E-state index is 10.9. The van der Waals surface area contributed by atoms with Crippen LogP contribution in [0.3, 0.4) is 0 Å². The molecule has 1 fully saturated rings. The largest absolute Gasteiger partial charge is 0.465 e. The van der Waals surface area contributed by atoms with E-state index in [2.05, 4.69) is 32.1 Å². The van der Waals surface area contributed by atoms with Crippen molar-refractivity contribution in [2.45, 2.75) is 31.8 Å². The highest BCUT2D eigenvalue weighted by Crippen LogP contribution is 2.41. The van der Waals surface area contributed by atoms with Crippen LogP contribution in [0, 0.1) is 3.70 Å². The van der Waals surface area contributed by atoms with E-state index in [1.54, 1.807) is 0 Å². The number of rotatable bonds is 1. The maximum absolute atomic E-state index is 10.9. The minimum absolute atomic E-state index is 0.479. The number of hydrogen-bond acceptors (Lipinski definition) is 2. The van der Waals surface area contributed by atoms with Crippen molar-refractivity contribution in [2.75, 3.05) is 6.54 Å². The number of imidazole rings is 1. The summed E-state index contributed by atoms with van der Waals surface area (Å²) in [6.45, 7) is 1.81. The summed E-state index contributed by atoms with van der Waals surface area (Å²) in [5, 5.41) is 8.98. The number of amides is 1. The van der Waals surface area contributed by atoms with Gasteiger partial charge in [0.15, 0.2) is 0 Å². The van der Waals surface area contributed by atoms with Gasteiger partial charge in [-0.2, -0.15) is 0 Å². The van der Waals surface area contributed by atoms with Gasteiger partial charge in [-0.05, 0) is 35.4 Å². The predicted molar refractivity (Wildman–Crippen MR) is 65.4 cm³/mol. The highest BCUT2D eigenvalue weighted by atomic mass is 127. The molecule has 0 radical (unpaired) electrons. The van der Waals surface area contributed by atoms with Gasteiger partial charge in [-0.1, -0.05) is 0 Å². The highest BCUT2D eigenvalue weighted by molar-refractivity contribution is 14.1. The Kier molecular flexibility index (Phi) is 2.34. The summed E-state index contributed by atoms with van der Waals surface area (Å²) in [5.74, 6) is 1.79. The molecule has 16 heavy (non-hydrogen) atoms. The highest BCUT2D eigenvalue weighted by Gasteiger charge is 2.33. The Bertz CT molecular complexity index is 453. The van der Waals surface area contributed by atoms with E-state index in [1.165, 1.54) is 23.6 Å². The van der Waals surface area contributed by atoms with E-state index in [0.29, 0.717) is 19.0 Å². The molecule has 2 aliphatic rings. The van der Waals surface area contributed by atoms with Gasteiger partial charge in [0, 0.05) is 19.0 Å². The second kappa shape index (κ2) is 3.61. The SMILES string of the molecule is O=C(O)N1CCn2c(C3CC3)nc(I)c2C1. The van der Waals surface area contributed by atoms with Gasteiger partial charge in [0.05, 0.1) is 12.2 Å². The van der Waals surface area contributed by atoms with Crippen molar-refractivity contribution in [1.82, 2.24) is 14.5 Å². The molecule has 1 aliphatic heterocycles. The molecule has 0 bridgehead atoms. The van der Waals surface area contributed by atoms with E-state index >= 15 is 0 Å². The van der Waals surface area contributed by atoms with Gasteiger partial charge in [-0.25, -0.2) is 9.78 Å². The van der Waals surface area contributed by atoms with Gasteiger partial charge < -0.3 is 14.6 Å². The van der Waals surface area contributed by atoms with Crippen molar-refractivity contribution < 1.29 is 9.90 Å². The van der Waals surface area contributed by atoms with E-state index in [0.717, 1.165) is 15.9 Å². The van der Waals surface area contributed by atoms with Crippen LogP contribution in [-0.4, -0.2) is 32.2 Å². The van der Waals surface area contributed by atoms with Crippen LogP contribution in [0.1, 0.15) is 30.3 Å². The van der Waals surface area contributed by atoms with Crippen LogP contribution in [0.25, 0.3) is 0 Å². The van der Waals surface area contributed by atoms with E-state index in [-0.39, 0.29) is 0 Å². The van der Waals surface area contributed by atoms with E-state index in [4.69, 9.17) is 5.11 Å². The summed E-state index contributed by atoms with van der Waals surface area (Å²) in [4.78, 5) is 17.0. The lowest BCUT2D eigenvalue weighted by Gasteiger charge is -2.26. The minimum atomic E-state index is -0.837. The molecule has 0 atom stereocenters. The van der Waals surface area contributed by atoms with Crippen LogP contribution in [0.4, 0.5) is 4.79 Å². The van der Waals surface area contributed by atoms with Crippen molar-refractivity contribution in [3.8, 4) is 0 Å². The molecule has 0 saturated heterocycles. The zero-order chi connectivity index (χ0) is 11.3. The molecule has 1 aromatic rings. The summed E-state index contributed by atoms with van der Waals surface area (Å²) < 4.78 is 3.18. The Labute approximate surface area is 107 Å². The molecule has 1 amide bonds. The fourth-order valence-corrected chi connectivity index (χ4v) is 2.88. The van der Waals surface area contributed by atoms with Gasteiger partial charge in [0.1, 0.15) is 9.53 Å². The molecule has 86 valence electrons. The fraction of sp³-hybridized carbons (Fsp3) is 0.600. The van der Waals surface area contributed by atoms with E-state index in [9.17, 15) is 4.79 Å². The average molecular weight is 333 g/mol. The number of carbonyl (C=O) groups is 1. The van der Waals surface area contributed by atoms with Gasteiger partial charge in [0.2, 0.25) is 0 Å². The molecular formula is C10H12IN3O2. The molecule has 0 aromatic carbocycles. The summed E-state index contributed by atoms with van der Waals surface area (Å²) >= 11 is 2.21. The summed E-state index contributed by atoms with van der Waals surface area (Å²) in [6.07, 6.45) is 1.63. The zero-order valence-electron chi connectivity index (χ0n) is 8.69. The lowest BCUT2D eigenvalue weighted by Crippen LogP contribution is -2.37. The Balaban J connectivity index is 1.95. The zero-order valence-corrected chi connectivity index (χ0v) is 10.8. The average Bonchev–Trinajstić information content (AvgIpc) is 3.04. The summed E-state index contributed by atoms with van der Waals surface area (Å²) in [7, 11) is 0. The number of carboxylic acid groups (broad SMARTS) is 1. The third-order valence-electron chi connectivity index (χ3n) is 3.20. The molecule has 0 spiro atoms. The van der Waals surface area contributed by atoms with Gasteiger partial charge >= 0.3 is 6.09 Å². The van der Waals surface area contributed by atoms with Crippen molar-refractivity contribution in [2.24, 2.45) is 0 Å². The lowest BCUT2D eigenvalue weighted by atomic mass is 10.3. The third-order valence-corrected chi connectivity index (χ3v) is 4.06. The standard InChI is InChI=1S/C10H12IN3O2/c11-8-7-5-13(10(15)16)3-4-14(7)9(12-8)6-1-2-6/h6H,1-5H2,(H,15,16). The monoisotopic (exact) mass is 333 g/mol. The summed E-state index contributed by atoms with van der Waals surface area (Å²) in [6, 6.07) is 0. The molecular weight excluding hydrogens is 321 g/mol. The van der Waals surface area contributed by atoms with Crippen molar-refractivity contribution >= 4 is 28.7 Å². The first-order chi connectivity index (χ1) is 7.66. The second-order valence-electron chi connectivity index (χ2n) is 4.34. The lowest BCUT2D eigenvalue weighted by molar-refractivity contribution is 0.132. The van der Waals surface area contributed by atoms with Crippen LogP contribution in [-0.2, 0) is 13.1 Å². The maximum Gasteiger partial charge on any atom is 0.407 e. The number of aromatic nitrogens is 2. The summed E-state index contributed by atoms with van der Waals surface area (Å²) in [5.41, 5.74) is 1.07. The Morgan fingerprint density at radius 3 is 2.81 bits per heavy atom. The number of hydrogen-bond donors (Lipinski definition) is 1. The molecule has 2 heterocycles. The van der Waals surface area contributed by atoms with Crippen molar-refractivity contribution in [3.05, 3.63) is 15.2 Å². The van der Waals surface area contributed by atoms with Gasteiger partial charge in [-0.15, -0.1) is 0 Å². The van der Waals surface area contributed by atoms with Crippen LogP contribution in [0.5, 0.6) is 0 Å². The minimum Gasteiger partial charge on any atom is -0.465 e. The normalized spacial score (nSPS) is 19.7. The first-order valence-corrected chi connectivity index (χ1v) is 6.47. The Morgan fingerprint density at radius 2 is 2.19 bits per heavy atom. The predicted octanol–water partition coefficient (Wildman–Crippen LogP) is 1.86. The van der Waals surface area contributed by atoms with Crippen LogP contribution in [0.15, 0.2) is 0 Å². The first kappa shape index (κ1) is 10.4. The molecule has 3 rings (SSSR count). The van der Waals surface area contributed by atoms with Gasteiger partial charge in [0.25, 0.3) is 0 Å². The number of nitrogens with zero attached hydrogens (tertiary/aromatic N) is 3. The quantitative estimate of drug-likeness (QED) is 0.798. The van der Waals surface area contributed by atoms with Crippen LogP contribution < -0.4 is 0 Å². The Morgan fingerprint density at radius 1 is 1.44 bits per heavy atom. The first-order valence-electron chi connectivity index (χ1n) is 5.39.